The van der Waals surface area contributed by atoms with Crippen LogP contribution in [0.3, 0.4) is 0 Å². The highest BCUT2D eigenvalue weighted by atomic mass is 16.3. The van der Waals surface area contributed by atoms with Crippen molar-refractivity contribution in [3.05, 3.63) is 36.2 Å². The van der Waals surface area contributed by atoms with Crippen molar-refractivity contribution in [1.82, 2.24) is 20.1 Å². The minimum absolute atomic E-state index is 0.126. The summed E-state index contributed by atoms with van der Waals surface area (Å²) in [5.41, 5.74) is 0.940. The zero-order valence-electron chi connectivity index (χ0n) is 12.4. The maximum Gasteiger partial charge on any atom is 0.163 e. The second kappa shape index (κ2) is 5.95. The summed E-state index contributed by atoms with van der Waals surface area (Å²) in [6, 6.07) is 10.1. The summed E-state index contributed by atoms with van der Waals surface area (Å²) < 4.78 is 2.02. The molecule has 0 aliphatic heterocycles. The Bertz CT molecular complexity index is 588. The van der Waals surface area contributed by atoms with E-state index in [1.54, 1.807) is 0 Å². The summed E-state index contributed by atoms with van der Waals surface area (Å²) in [5, 5.41) is 21.7. The first kappa shape index (κ1) is 14.2. The van der Waals surface area contributed by atoms with E-state index in [1.165, 1.54) is 12.8 Å². The SMILES string of the molecule is Cn1c(CNC2(CO)CCCC2)nnc1-c1ccccc1. The average Bonchev–Trinajstić information content (AvgIpc) is 3.14. The normalized spacial score (nSPS) is 17.2. The van der Waals surface area contributed by atoms with Crippen LogP contribution in [0.25, 0.3) is 11.4 Å². The fourth-order valence-corrected chi connectivity index (χ4v) is 3.06. The fraction of sp³-hybridized carbons (Fsp3) is 0.500. The number of hydrogen-bond donors (Lipinski definition) is 2. The Hall–Kier alpha value is -1.72. The van der Waals surface area contributed by atoms with Crippen molar-refractivity contribution < 1.29 is 5.11 Å². The van der Waals surface area contributed by atoms with Crippen LogP contribution in [-0.4, -0.2) is 32.0 Å². The number of hydrogen-bond acceptors (Lipinski definition) is 4. The molecule has 0 radical (unpaired) electrons. The highest BCUT2D eigenvalue weighted by molar-refractivity contribution is 5.54. The fourth-order valence-electron chi connectivity index (χ4n) is 3.06. The average molecular weight is 286 g/mol. The molecule has 5 nitrogen and oxygen atoms in total. The van der Waals surface area contributed by atoms with Crippen molar-refractivity contribution >= 4 is 0 Å². The van der Waals surface area contributed by atoms with E-state index in [0.29, 0.717) is 6.54 Å². The number of aromatic nitrogens is 3. The van der Waals surface area contributed by atoms with Crippen LogP contribution in [0.4, 0.5) is 0 Å². The van der Waals surface area contributed by atoms with Crippen molar-refractivity contribution in [3.8, 4) is 11.4 Å². The third-order valence-corrected chi connectivity index (χ3v) is 4.48. The van der Waals surface area contributed by atoms with E-state index in [1.807, 2.05) is 41.9 Å². The van der Waals surface area contributed by atoms with Gasteiger partial charge in [-0.25, -0.2) is 0 Å². The summed E-state index contributed by atoms with van der Waals surface area (Å²) in [7, 11) is 1.99. The van der Waals surface area contributed by atoms with Gasteiger partial charge in [0.05, 0.1) is 13.2 Å². The first-order chi connectivity index (χ1) is 10.2. The van der Waals surface area contributed by atoms with Crippen molar-refractivity contribution in [2.45, 2.75) is 37.8 Å². The van der Waals surface area contributed by atoms with Crippen LogP contribution < -0.4 is 5.32 Å². The highest BCUT2D eigenvalue weighted by Crippen LogP contribution is 2.29. The largest absolute Gasteiger partial charge is 0.394 e. The molecule has 0 unspecified atom stereocenters. The zero-order valence-corrected chi connectivity index (χ0v) is 12.4. The molecule has 112 valence electrons. The molecule has 21 heavy (non-hydrogen) atoms. The molecule has 1 aromatic heterocycles. The summed E-state index contributed by atoms with van der Waals surface area (Å²) in [5.74, 6) is 1.77. The molecule has 0 amide bonds. The molecular weight excluding hydrogens is 264 g/mol. The lowest BCUT2D eigenvalue weighted by molar-refractivity contribution is 0.161. The number of rotatable bonds is 5. The molecule has 0 spiro atoms. The zero-order chi connectivity index (χ0) is 14.7. The number of nitrogens with one attached hydrogen (secondary N) is 1. The van der Waals surface area contributed by atoms with Crippen molar-refractivity contribution in [1.29, 1.82) is 0 Å². The Kier molecular flexibility index (Phi) is 4.03. The molecule has 1 heterocycles. The summed E-state index contributed by atoms with van der Waals surface area (Å²) in [6.07, 6.45) is 4.43. The number of nitrogens with zero attached hydrogens (tertiary/aromatic N) is 3. The Morgan fingerprint density at radius 3 is 2.57 bits per heavy atom. The summed E-state index contributed by atoms with van der Waals surface area (Å²) in [4.78, 5) is 0. The predicted molar refractivity (Wildman–Crippen MR) is 81.6 cm³/mol. The van der Waals surface area contributed by atoms with Gasteiger partial charge in [-0.2, -0.15) is 0 Å². The van der Waals surface area contributed by atoms with Gasteiger partial charge in [-0.3, -0.25) is 0 Å². The molecule has 2 aromatic rings. The summed E-state index contributed by atoms with van der Waals surface area (Å²) in [6.45, 7) is 0.827. The van der Waals surface area contributed by atoms with Crippen LogP contribution in [0.1, 0.15) is 31.5 Å². The molecule has 3 rings (SSSR count). The minimum atomic E-state index is -0.126. The van der Waals surface area contributed by atoms with Gasteiger partial charge in [-0.05, 0) is 12.8 Å². The number of aliphatic hydroxyl groups excluding tert-OH is 1. The van der Waals surface area contributed by atoms with Crippen LogP contribution in [0.15, 0.2) is 30.3 Å². The predicted octanol–water partition coefficient (Wildman–Crippen LogP) is 1.88. The lowest BCUT2D eigenvalue weighted by atomic mass is 9.99. The van der Waals surface area contributed by atoms with Gasteiger partial charge in [-0.1, -0.05) is 43.2 Å². The maximum atomic E-state index is 9.64. The number of aliphatic hydroxyl groups is 1. The molecule has 1 aliphatic rings. The van der Waals surface area contributed by atoms with Gasteiger partial charge in [0, 0.05) is 18.2 Å². The van der Waals surface area contributed by atoms with E-state index >= 15 is 0 Å². The van der Waals surface area contributed by atoms with Gasteiger partial charge < -0.3 is 15.0 Å². The first-order valence-corrected chi connectivity index (χ1v) is 7.54. The Morgan fingerprint density at radius 2 is 1.90 bits per heavy atom. The van der Waals surface area contributed by atoms with Crippen LogP contribution in [0, 0.1) is 0 Å². The van der Waals surface area contributed by atoms with Crippen molar-refractivity contribution in [3.63, 3.8) is 0 Å². The van der Waals surface area contributed by atoms with Crippen molar-refractivity contribution in [2.75, 3.05) is 6.61 Å². The molecule has 5 heteroatoms. The highest BCUT2D eigenvalue weighted by Gasteiger charge is 2.32. The van der Waals surface area contributed by atoms with E-state index in [9.17, 15) is 5.11 Å². The van der Waals surface area contributed by atoms with E-state index in [-0.39, 0.29) is 12.1 Å². The van der Waals surface area contributed by atoms with Gasteiger partial charge in [0.15, 0.2) is 5.82 Å². The lowest BCUT2D eigenvalue weighted by Gasteiger charge is -2.27. The summed E-state index contributed by atoms with van der Waals surface area (Å²) >= 11 is 0. The third kappa shape index (κ3) is 2.84. The standard InChI is InChI=1S/C16H22N4O/c1-20-14(11-17-16(12-21)9-5-6-10-16)18-19-15(20)13-7-3-2-4-8-13/h2-4,7-8,17,21H,5-6,9-12H2,1H3. The maximum absolute atomic E-state index is 9.64. The molecule has 1 aliphatic carbocycles. The molecule has 0 bridgehead atoms. The van der Waals surface area contributed by atoms with E-state index in [2.05, 4.69) is 15.5 Å². The third-order valence-electron chi connectivity index (χ3n) is 4.48. The van der Waals surface area contributed by atoms with E-state index in [0.717, 1.165) is 30.1 Å². The second-order valence-corrected chi connectivity index (χ2v) is 5.86. The molecule has 1 fully saturated rings. The van der Waals surface area contributed by atoms with Gasteiger partial charge in [0.25, 0.3) is 0 Å². The molecule has 1 saturated carbocycles. The Labute approximate surface area is 125 Å². The molecule has 0 saturated heterocycles. The smallest absolute Gasteiger partial charge is 0.163 e. The lowest BCUT2D eigenvalue weighted by Crippen LogP contribution is -2.45. The van der Waals surface area contributed by atoms with Crippen LogP contribution >= 0.6 is 0 Å². The number of benzene rings is 1. The minimum Gasteiger partial charge on any atom is -0.394 e. The molecular formula is C16H22N4O. The van der Waals surface area contributed by atoms with Gasteiger partial charge in [-0.15, -0.1) is 10.2 Å². The monoisotopic (exact) mass is 286 g/mol. The van der Waals surface area contributed by atoms with Crippen LogP contribution in [0.5, 0.6) is 0 Å². The van der Waals surface area contributed by atoms with Gasteiger partial charge >= 0.3 is 0 Å². The van der Waals surface area contributed by atoms with Gasteiger partial charge in [0.1, 0.15) is 5.82 Å². The first-order valence-electron chi connectivity index (χ1n) is 7.54. The van der Waals surface area contributed by atoms with Gasteiger partial charge in [0.2, 0.25) is 0 Å². The Morgan fingerprint density at radius 1 is 1.19 bits per heavy atom. The second-order valence-electron chi connectivity index (χ2n) is 5.86. The molecule has 1 aromatic carbocycles. The Balaban J connectivity index is 1.74. The van der Waals surface area contributed by atoms with Crippen LogP contribution in [-0.2, 0) is 13.6 Å². The van der Waals surface area contributed by atoms with E-state index in [4.69, 9.17) is 0 Å². The van der Waals surface area contributed by atoms with Crippen molar-refractivity contribution in [2.24, 2.45) is 7.05 Å². The quantitative estimate of drug-likeness (QED) is 0.881. The topological polar surface area (TPSA) is 63.0 Å². The molecule has 0 atom stereocenters. The molecule has 2 N–H and O–H groups in total. The van der Waals surface area contributed by atoms with E-state index < -0.39 is 0 Å². The van der Waals surface area contributed by atoms with Crippen LogP contribution in [0.2, 0.25) is 0 Å².